The molecule has 2 aromatic carbocycles. The Kier molecular flexibility index (Phi) is 3.14. The number of nitrogens with zero attached hydrogens (tertiary/aromatic N) is 3. The van der Waals surface area contributed by atoms with Gasteiger partial charge in [-0.05, 0) is 36.4 Å². The van der Waals surface area contributed by atoms with Crippen LogP contribution in [-0.2, 0) is 10.1 Å². The molecule has 0 amide bonds. The molecule has 0 saturated heterocycles. The van der Waals surface area contributed by atoms with Crippen LogP contribution in [0.2, 0.25) is 0 Å². The molecule has 120 valence electrons. The van der Waals surface area contributed by atoms with Crippen molar-refractivity contribution < 1.29 is 12.6 Å². The largest absolute Gasteiger partial charge is 0.399 e. The van der Waals surface area contributed by atoms with Gasteiger partial charge < -0.3 is 9.92 Å². The Morgan fingerprint density at radius 1 is 1.12 bits per heavy atom. The van der Waals surface area contributed by atoms with E-state index in [1.807, 2.05) is 18.2 Å². The van der Waals surface area contributed by atoms with Crippen molar-refractivity contribution >= 4 is 21.9 Å². The fourth-order valence-electron chi connectivity index (χ4n) is 2.41. The van der Waals surface area contributed by atoms with E-state index in [9.17, 15) is 8.42 Å². The van der Waals surface area contributed by atoms with E-state index in [0.29, 0.717) is 16.9 Å². The molecule has 1 aliphatic rings. The van der Waals surface area contributed by atoms with Crippen LogP contribution in [0.4, 0.5) is 5.69 Å². The number of fused-ring (bicyclic) bond motifs is 1. The lowest BCUT2D eigenvalue weighted by Crippen LogP contribution is -2.09. The Balaban J connectivity index is 1.71. The first-order valence-corrected chi connectivity index (χ1v) is 8.53. The molecule has 2 N–H and O–H groups in total. The van der Waals surface area contributed by atoms with Gasteiger partial charge in [0.2, 0.25) is 0 Å². The number of aromatic nitrogens is 3. The van der Waals surface area contributed by atoms with Crippen LogP contribution in [0.3, 0.4) is 0 Å². The molecular weight excluding hydrogens is 328 g/mol. The maximum atomic E-state index is 11.4. The molecule has 0 saturated carbocycles. The monoisotopic (exact) mass is 340 g/mol. The minimum absolute atomic E-state index is 0.289. The number of nitrogen functional groups attached to an aromatic ring is 1. The molecule has 0 radical (unpaired) electrons. The fourth-order valence-corrected chi connectivity index (χ4v) is 3.19. The molecule has 3 aromatic rings. The van der Waals surface area contributed by atoms with Gasteiger partial charge in [0.05, 0.1) is 17.3 Å². The number of hydrogen-bond donors (Lipinski definition) is 1. The zero-order chi connectivity index (χ0) is 16.7. The van der Waals surface area contributed by atoms with Crippen molar-refractivity contribution in [3.8, 4) is 22.7 Å². The van der Waals surface area contributed by atoms with Gasteiger partial charge in [-0.2, -0.15) is 8.42 Å². The van der Waals surface area contributed by atoms with Crippen molar-refractivity contribution in [2.24, 2.45) is 0 Å². The third-order valence-corrected chi connectivity index (χ3v) is 4.44. The average Bonchev–Trinajstić information content (AvgIpc) is 3.04. The van der Waals surface area contributed by atoms with Gasteiger partial charge >= 0.3 is 10.1 Å². The van der Waals surface area contributed by atoms with Crippen LogP contribution >= 0.6 is 0 Å². The summed E-state index contributed by atoms with van der Waals surface area (Å²) in [4.78, 5) is 0. The normalized spacial score (nSPS) is 14.8. The quantitative estimate of drug-likeness (QED) is 0.567. The summed E-state index contributed by atoms with van der Waals surface area (Å²) in [5.74, 6) is 0.289. The van der Waals surface area contributed by atoms with E-state index in [4.69, 9.17) is 9.92 Å². The van der Waals surface area contributed by atoms with Crippen molar-refractivity contribution in [2.75, 3.05) is 5.73 Å². The van der Waals surface area contributed by atoms with Crippen LogP contribution in [0.1, 0.15) is 5.56 Å². The van der Waals surface area contributed by atoms with Crippen LogP contribution in [0.15, 0.2) is 54.1 Å². The molecule has 24 heavy (non-hydrogen) atoms. The predicted molar refractivity (Wildman–Crippen MR) is 89.8 cm³/mol. The molecule has 0 unspecified atom stereocenters. The third-order valence-electron chi connectivity index (χ3n) is 3.55. The first-order chi connectivity index (χ1) is 11.5. The van der Waals surface area contributed by atoms with E-state index in [-0.39, 0.29) is 5.75 Å². The van der Waals surface area contributed by atoms with Gasteiger partial charge in [0.1, 0.15) is 11.4 Å². The van der Waals surface area contributed by atoms with Crippen LogP contribution in [-0.4, -0.2) is 23.4 Å². The first kappa shape index (κ1) is 14.5. The van der Waals surface area contributed by atoms with E-state index in [2.05, 4.69) is 10.3 Å². The maximum Gasteiger partial charge on any atom is 0.332 e. The molecule has 0 fully saturated rings. The van der Waals surface area contributed by atoms with Crippen molar-refractivity contribution in [1.82, 2.24) is 15.0 Å². The van der Waals surface area contributed by atoms with E-state index in [1.165, 1.54) is 6.08 Å². The summed E-state index contributed by atoms with van der Waals surface area (Å²) < 4.78 is 29.3. The summed E-state index contributed by atoms with van der Waals surface area (Å²) in [6.45, 7) is 0. The lowest BCUT2D eigenvalue weighted by Gasteiger charge is -2.12. The minimum atomic E-state index is -3.64. The highest BCUT2D eigenvalue weighted by atomic mass is 32.2. The summed E-state index contributed by atoms with van der Waals surface area (Å²) in [6, 6.07) is 12.5. The van der Waals surface area contributed by atoms with E-state index >= 15 is 0 Å². The standard InChI is InChI=1S/C16H12N4O3S/c17-13-3-1-2-11(8-13)15-10-20(19-18-15)14-4-5-16-12(9-14)6-7-24(21,22)23-16/h1-10H,17H2. The average molecular weight is 340 g/mol. The topological polar surface area (TPSA) is 100 Å². The molecule has 0 atom stereocenters. The van der Waals surface area contributed by atoms with Crippen LogP contribution < -0.4 is 9.92 Å². The van der Waals surface area contributed by atoms with Gasteiger partial charge in [0.15, 0.2) is 0 Å². The summed E-state index contributed by atoms with van der Waals surface area (Å²) in [6.07, 6.45) is 3.27. The van der Waals surface area contributed by atoms with Crippen LogP contribution in [0, 0.1) is 0 Å². The van der Waals surface area contributed by atoms with Gasteiger partial charge in [-0.1, -0.05) is 17.3 Å². The van der Waals surface area contributed by atoms with E-state index in [1.54, 1.807) is 35.1 Å². The second-order valence-corrected chi connectivity index (χ2v) is 6.70. The van der Waals surface area contributed by atoms with E-state index in [0.717, 1.165) is 16.7 Å². The highest BCUT2D eigenvalue weighted by Gasteiger charge is 2.17. The Labute approximate surface area is 138 Å². The van der Waals surface area contributed by atoms with Crippen molar-refractivity contribution in [1.29, 1.82) is 0 Å². The Bertz CT molecular complexity index is 1070. The van der Waals surface area contributed by atoms with Crippen LogP contribution in [0.25, 0.3) is 23.0 Å². The highest BCUT2D eigenvalue weighted by molar-refractivity contribution is 7.90. The van der Waals surface area contributed by atoms with Gasteiger partial charge in [-0.25, -0.2) is 4.68 Å². The lowest BCUT2D eigenvalue weighted by atomic mass is 10.1. The van der Waals surface area contributed by atoms with Gasteiger partial charge in [-0.3, -0.25) is 0 Å². The molecule has 7 nitrogen and oxygen atoms in total. The minimum Gasteiger partial charge on any atom is -0.399 e. The molecule has 0 spiro atoms. The Morgan fingerprint density at radius 3 is 2.83 bits per heavy atom. The summed E-state index contributed by atoms with van der Waals surface area (Å²) >= 11 is 0. The first-order valence-electron chi connectivity index (χ1n) is 7.05. The Morgan fingerprint density at radius 2 is 2.00 bits per heavy atom. The third kappa shape index (κ3) is 2.63. The number of benzene rings is 2. The fraction of sp³-hybridized carbons (Fsp3) is 0. The molecule has 0 aliphatic carbocycles. The Hall–Kier alpha value is -3.13. The molecule has 0 bridgehead atoms. The van der Waals surface area contributed by atoms with Crippen molar-refractivity contribution in [2.45, 2.75) is 0 Å². The second kappa shape index (κ2) is 5.20. The molecule has 2 heterocycles. The number of hydrogen-bond acceptors (Lipinski definition) is 6. The van der Waals surface area contributed by atoms with Gasteiger partial charge in [-0.15, -0.1) is 5.10 Å². The summed E-state index contributed by atoms with van der Waals surface area (Å²) in [5, 5.41) is 9.29. The smallest absolute Gasteiger partial charge is 0.332 e. The highest BCUT2D eigenvalue weighted by Crippen LogP contribution is 2.29. The summed E-state index contributed by atoms with van der Waals surface area (Å²) in [5.41, 5.74) is 9.39. The zero-order valence-corrected chi connectivity index (χ0v) is 13.1. The SMILES string of the molecule is Nc1cccc(-c2cn(-c3ccc4c(c3)C=CS(=O)(=O)O4)nn2)c1. The van der Waals surface area contributed by atoms with Crippen LogP contribution in [0.5, 0.6) is 5.75 Å². The predicted octanol–water partition coefficient (Wildman–Crippen LogP) is 2.21. The zero-order valence-electron chi connectivity index (χ0n) is 12.3. The lowest BCUT2D eigenvalue weighted by molar-refractivity contribution is 0.494. The van der Waals surface area contributed by atoms with E-state index < -0.39 is 10.1 Å². The van der Waals surface area contributed by atoms with Gasteiger partial charge in [0.25, 0.3) is 0 Å². The number of nitrogens with two attached hydrogens (primary N) is 1. The van der Waals surface area contributed by atoms with Crippen molar-refractivity contribution in [3.63, 3.8) is 0 Å². The molecule has 1 aliphatic heterocycles. The molecular formula is C16H12N4O3S. The van der Waals surface area contributed by atoms with Gasteiger partial charge in [0, 0.05) is 16.8 Å². The number of rotatable bonds is 2. The number of anilines is 1. The van der Waals surface area contributed by atoms with Crippen molar-refractivity contribution in [3.05, 3.63) is 59.6 Å². The molecule has 1 aromatic heterocycles. The molecule has 4 rings (SSSR count). The summed E-state index contributed by atoms with van der Waals surface area (Å²) in [7, 11) is -3.64. The maximum absolute atomic E-state index is 11.4. The molecule has 8 heteroatoms. The second-order valence-electron chi connectivity index (χ2n) is 5.27.